The van der Waals surface area contributed by atoms with Crippen molar-refractivity contribution in [2.45, 2.75) is 45.1 Å². The van der Waals surface area contributed by atoms with Gasteiger partial charge in [0.1, 0.15) is 0 Å². The molecule has 6 nitrogen and oxygen atoms in total. The van der Waals surface area contributed by atoms with Crippen LogP contribution >= 0.6 is 0 Å². The molecule has 0 saturated carbocycles. The highest BCUT2D eigenvalue weighted by atomic mass is 16.4. The smallest absolute Gasteiger partial charge is 0.317 e. The fourth-order valence-electron chi connectivity index (χ4n) is 2.46. The maximum absolute atomic E-state index is 12.0. The number of amides is 2. The molecule has 1 aliphatic rings. The Bertz CT molecular complexity index is 309. The van der Waals surface area contributed by atoms with E-state index in [1.54, 1.807) is 0 Å². The molecule has 0 radical (unpaired) electrons. The van der Waals surface area contributed by atoms with E-state index in [-0.39, 0.29) is 31.0 Å². The van der Waals surface area contributed by atoms with Crippen LogP contribution in [0.15, 0.2) is 0 Å². The minimum absolute atomic E-state index is 0.0637. The summed E-state index contributed by atoms with van der Waals surface area (Å²) < 4.78 is 0. The maximum Gasteiger partial charge on any atom is 0.317 e. The van der Waals surface area contributed by atoms with Gasteiger partial charge in [0, 0.05) is 32.2 Å². The van der Waals surface area contributed by atoms with E-state index in [1.165, 1.54) is 0 Å². The summed E-state index contributed by atoms with van der Waals surface area (Å²) in [5, 5.41) is 20.3. The minimum atomic E-state index is -0.844. The summed E-state index contributed by atoms with van der Waals surface area (Å²) in [6.45, 7) is 3.09. The molecule has 1 heterocycles. The third-order valence-electron chi connectivity index (χ3n) is 3.46. The van der Waals surface area contributed by atoms with E-state index in [2.05, 4.69) is 5.32 Å². The van der Waals surface area contributed by atoms with Crippen molar-refractivity contribution in [1.29, 1.82) is 0 Å². The van der Waals surface area contributed by atoms with E-state index in [1.807, 2.05) is 11.8 Å². The lowest BCUT2D eigenvalue weighted by Crippen LogP contribution is -2.44. The van der Waals surface area contributed by atoms with E-state index >= 15 is 0 Å². The number of hydrogen-bond acceptors (Lipinski definition) is 3. The average molecular weight is 272 g/mol. The van der Waals surface area contributed by atoms with Crippen LogP contribution in [0.25, 0.3) is 0 Å². The highest BCUT2D eigenvalue weighted by molar-refractivity contribution is 5.75. The lowest BCUT2D eigenvalue weighted by molar-refractivity contribution is -0.137. The van der Waals surface area contributed by atoms with Crippen LogP contribution < -0.4 is 5.32 Å². The molecule has 2 unspecified atom stereocenters. The van der Waals surface area contributed by atoms with Gasteiger partial charge in [-0.1, -0.05) is 6.92 Å². The van der Waals surface area contributed by atoms with Crippen molar-refractivity contribution in [3.05, 3.63) is 0 Å². The SMILES string of the molecule is CC(CNC(=O)N1CCCC1CCCO)CC(=O)O. The Morgan fingerprint density at radius 2 is 2.21 bits per heavy atom. The summed E-state index contributed by atoms with van der Waals surface area (Å²) in [6.07, 6.45) is 3.58. The molecule has 1 saturated heterocycles. The highest BCUT2D eigenvalue weighted by Gasteiger charge is 2.28. The van der Waals surface area contributed by atoms with Crippen LogP contribution in [0.3, 0.4) is 0 Å². The number of carbonyl (C=O) groups excluding carboxylic acids is 1. The zero-order valence-corrected chi connectivity index (χ0v) is 11.5. The number of carboxylic acids is 1. The van der Waals surface area contributed by atoms with Crippen molar-refractivity contribution in [2.75, 3.05) is 19.7 Å². The van der Waals surface area contributed by atoms with Crippen LogP contribution in [-0.4, -0.2) is 52.9 Å². The predicted molar refractivity (Wildman–Crippen MR) is 70.9 cm³/mol. The molecule has 0 aliphatic carbocycles. The number of nitrogens with zero attached hydrogens (tertiary/aromatic N) is 1. The number of urea groups is 1. The Morgan fingerprint density at radius 3 is 2.84 bits per heavy atom. The van der Waals surface area contributed by atoms with Crippen molar-refractivity contribution < 1.29 is 19.8 Å². The average Bonchev–Trinajstić information content (AvgIpc) is 2.80. The number of aliphatic hydroxyl groups excluding tert-OH is 1. The second-order valence-corrected chi connectivity index (χ2v) is 5.24. The van der Waals surface area contributed by atoms with Gasteiger partial charge in [0.2, 0.25) is 0 Å². The number of hydrogen-bond donors (Lipinski definition) is 3. The first-order valence-electron chi connectivity index (χ1n) is 6.91. The maximum atomic E-state index is 12.0. The Morgan fingerprint density at radius 1 is 1.47 bits per heavy atom. The Labute approximate surface area is 113 Å². The molecule has 0 spiro atoms. The monoisotopic (exact) mass is 272 g/mol. The van der Waals surface area contributed by atoms with Crippen LogP contribution in [0, 0.1) is 5.92 Å². The van der Waals surface area contributed by atoms with Crippen molar-refractivity contribution >= 4 is 12.0 Å². The first-order valence-corrected chi connectivity index (χ1v) is 6.91. The summed E-state index contributed by atoms with van der Waals surface area (Å²) in [4.78, 5) is 24.4. The van der Waals surface area contributed by atoms with Gasteiger partial charge < -0.3 is 20.4 Å². The van der Waals surface area contributed by atoms with E-state index in [9.17, 15) is 9.59 Å². The van der Waals surface area contributed by atoms with Gasteiger partial charge >= 0.3 is 12.0 Å². The molecule has 1 aliphatic heterocycles. The van der Waals surface area contributed by atoms with Gasteiger partial charge in [-0.3, -0.25) is 4.79 Å². The zero-order chi connectivity index (χ0) is 14.3. The summed E-state index contributed by atoms with van der Waals surface area (Å²) in [5.74, 6) is -0.913. The number of carboxylic acid groups (broad SMARTS) is 1. The first kappa shape index (κ1) is 15.8. The summed E-state index contributed by atoms with van der Waals surface area (Å²) in [5.41, 5.74) is 0. The number of aliphatic carboxylic acids is 1. The zero-order valence-electron chi connectivity index (χ0n) is 11.5. The largest absolute Gasteiger partial charge is 0.481 e. The van der Waals surface area contributed by atoms with Gasteiger partial charge in [0.05, 0.1) is 0 Å². The second kappa shape index (κ2) is 7.99. The number of carbonyl (C=O) groups is 2. The van der Waals surface area contributed by atoms with Crippen molar-refractivity contribution in [3.63, 3.8) is 0 Å². The highest BCUT2D eigenvalue weighted by Crippen LogP contribution is 2.21. The van der Waals surface area contributed by atoms with Gasteiger partial charge in [-0.05, 0) is 31.6 Å². The van der Waals surface area contributed by atoms with Crippen molar-refractivity contribution in [1.82, 2.24) is 10.2 Å². The van der Waals surface area contributed by atoms with Gasteiger partial charge in [0.25, 0.3) is 0 Å². The van der Waals surface area contributed by atoms with Gasteiger partial charge in [-0.2, -0.15) is 0 Å². The number of nitrogens with one attached hydrogen (secondary N) is 1. The molecule has 0 aromatic rings. The molecule has 19 heavy (non-hydrogen) atoms. The van der Waals surface area contributed by atoms with Crippen LogP contribution in [-0.2, 0) is 4.79 Å². The normalized spacial score (nSPS) is 20.3. The van der Waals surface area contributed by atoms with Gasteiger partial charge in [-0.15, -0.1) is 0 Å². The quantitative estimate of drug-likeness (QED) is 0.646. The molecular formula is C13H24N2O4. The standard InChI is InChI=1S/C13H24N2O4/c1-10(8-12(17)18)9-14-13(19)15-6-2-4-11(15)5-3-7-16/h10-11,16H,2-9H2,1H3,(H,14,19)(H,17,18). The van der Waals surface area contributed by atoms with E-state index in [4.69, 9.17) is 10.2 Å². The predicted octanol–water partition coefficient (Wildman–Crippen LogP) is 1.04. The molecule has 2 atom stereocenters. The fourth-order valence-corrected chi connectivity index (χ4v) is 2.46. The minimum Gasteiger partial charge on any atom is -0.481 e. The van der Waals surface area contributed by atoms with Crippen LogP contribution in [0.4, 0.5) is 4.79 Å². The van der Waals surface area contributed by atoms with Gasteiger partial charge in [-0.25, -0.2) is 4.79 Å². The van der Waals surface area contributed by atoms with Crippen LogP contribution in [0.1, 0.15) is 39.0 Å². The molecule has 6 heteroatoms. The third kappa shape index (κ3) is 5.46. The summed E-state index contributed by atoms with van der Waals surface area (Å²) in [6, 6.07) is 0.0969. The molecule has 3 N–H and O–H groups in total. The summed E-state index contributed by atoms with van der Waals surface area (Å²) in [7, 11) is 0. The van der Waals surface area contributed by atoms with E-state index in [0.29, 0.717) is 13.0 Å². The van der Waals surface area contributed by atoms with Crippen LogP contribution in [0.5, 0.6) is 0 Å². The number of rotatable bonds is 7. The Kier molecular flexibility index (Phi) is 6.62. The fraction of sp³-hybridized carbons (Fsp3) is 0.846. The second-order valence-electron chi connectivity index (χ2n) is 5.24. The Hall–Kier alpha value is -1.30. The number of aliphatic hydroxyl groups is 1. The van der Waals surface area contributed by atoms with Crippen molar-refractivity contribution in [3.8, 4) is 0 Å². The lowest BCUT2D eigenvalue weighted by atomic mass is 10.1. The first-order chi connectivity index (χ1) is 9.04. The van der Waals surface area contributed by atoms with E-state index < -0.39 is 5.97 Å². The molecule has 110 valence electrons. The topological polar surface area (TPSA) is 89.9 Å². The molecule has 1 rings (SSSR count). The molecule has 2 amide bonds. The molecule has 0 bridgehead atoms. The Balaban J connectivity index is 2.33. The van der Waals surface area contributed by atoms with Crippen molar-refractivity contribution in [2.24, 2.45) is 5.92 Å². The third-order valence-corrected chi connectivity index (χ3v) is 3.46. The lowest BCUT2D eigenvalue weighted by Gasteiger charge is -2.25. The molecule has 0 aromatic carbocycles. The van der Waals surface area contributed by atoms with Crippen LogP contribution in [0.2, 0.25) is 0 Å². The van der Waals surface area contributed by atoms with Gasteiger partial charge in [0.15, 0.2) is 0 Å². The molecular weight excluding hydrogens is 248 g/mol. The number of likely N-dealkylation sites (tertiary alicyclic amines) is 1. The molecule has 0 aromatic heterocycles. The summed E-state index contributed by atoms with van der Waals surface area (Å²) >= 11 is 0. The molecule has 1 fully saturated rings. The van der Waals surface area contributed by atoms with E-state index in [0.717, 1.165) is 25.8 Å².